The summed E-state index contributed by atoms with van der Waals surface area (Å²) in [5.74, 6) is 1.97. The van der Waals surface area contributed by atoms with Crippen molar-refractivity contribution in [3.05, 3.63) is 24.3 Å². The van der Waals surface area contributed by atoms with Crippen molar-refractivity contribution in [2.75, 3.05) is 0 Å². The second kappa shape index (κ2) is 9.68. The molecular formula is C17H23ClO4. The number of alkyl halides is 1. The van der Waals surface area contributed by atoms with Gasteiger partial charge in [0, 0.05) is 13.3 Å². The fourth-order valence-corrected chi connectivity index (χ4v) is 2.53. The molecule has 0 aliphatic carbocycles. The zero-order valence-electron chi connectivity index (χ0n) is 12.9. The summed E-state index contributed by atoms with van der Waals surface area (Å²) >= 11 is 6.40. The molecular weight excluding hydrogens is 304 g/mol. The van der Waals surface area contributed by atoms with E-state index < -0.39 is 18.2 Å². The molecule has 122 valence electrons. The first-order chi connectivity index (χ1) is 10.5. The number of terminal acetylenes is 1. The fourth-order valence-electron chi connectivity index (χ4n) is 2.27. The van der Waals surface area contributed by atoms with Crippen molar-refractivity contribution in [2.24, 2.45) is 0 Å². The lowest BCUT2D eigenvalue weighted by atomic mass is 9.99. The van der Waals surface area contributed by atoms with E-state index >= 15 is 0 Å². The summed E-state index contributed by atoms with van der Waals surface area (Å²) < 4.78 is 11.2. The molecule has 1 aliphatic heterocycles. The molecule has 0 fully saturated rings. The number of allylic oxidation sites excluding steroid dienone is 2. The summed E-state index contributed by atoms with van der Waals surface area (Å²) in [7, 11) is 0. The third kappa shape index (κ3) is 6.23. The van der Waals surface area contributed by atoms with Crippen LogP contribution in [0.15, 0.2) is 24.3 Å². The number of carbonyl (C=O) groups excluding carboxylic acids is 1. The lowest BCUT2D eigenvalue weighted by Gasteiger charge is -2.32. The minimum Gasteiger partial charge on any atom is -0.459 e. The Bertz CT molecular complexity index is 452. The van der Waals surface area contributed by atoms with E-state index in [4.69, 9.17) is 27.5 Å². The number of rotatable bonds is 5. The van der Waals surface area contributed by atoms with Gasteiger partial charge in [-0.3, -0.25) is 4.79 Å². The van der Waals surface area contributed by atoms with Gasteiger partial charge in [-0.05, 0) is 18.9 Å². The molecule has 0 radical (unpaired) electrons. The Hall–Kier alpha value is -1.28. The first-order valence-electron chi connectivity index (χ1n) is 7.42. The van der Waals surface area contributed by atoms with Crippen molar-refractivity contribution in [1.29, 1.82) is 0 Å². The summed E-state index contributed by atoms with van der Waals surface area (Å²) in [6, 6.07) is 0. The Balaban J connectivity index is 2.86. The molecule has 22 heavy (non-hydrogen) atoms. The largest absolute Gasteiger partial charge is 0.459 e. The minimum atomic E-state index is -0.866. The first-order valence-corrected chi connectivity index (χ1v) is 7.85. The highest BCUT2D eigenvalue weighted by Crippen LogP contribution is 2.25. The van der Waals surface area contributed by atoms with E-state index in [1.165, 1.54) is 6.92 Å². The van der Waals surface area contributed by atoms with Gasteiger partial charge in [0.25, 0.3) is 0 Å². The molecule has 0 saturated carbocycles. The van der Waals surface area contributed by atoms with Gasteiger partial charge in [-0.1, -0.05) is 31.1 Å². The van der Waals surface area contributed by atoms with Crippen LogP contribution < -0.4 is 0 Å². The van der Waals surface area contributed by atoms with E-state index in [-0.39, 0.29) is 17.6 Å². The van der Waals surface area contributed by atoms with Gasteiger partial charge in [0.2, 0.25) is 0 Å². The van der Waals surface area contributed by atoms with E-state index in [1.54, 1.807) is 24.3 Å². The molecule has 1 unspecified atom stereocenters. The molecule has 1 aliphatic rings. The van der Waals surface area contributed by atoms with E-state index in [9.17, 15) is 9.90 Å². The normalized spacial score (nSPS) is 30.3. The first kappa shape index (κ1) is 18.8. The number of ether oxygens (including phenoxy) is 2. The molecule has 0 spiro atoms. The maximum atomic E-state index is 11.2. The van der Waals surface area contributed by atoms with Crippen LogP contribution in [0.3, 0.4) is 0 Å². The van der Waals surface area contributed by atoms with Gasteiger partial charge in [0.15, 0.2) is 0 Å². The summed E-state index contributed by atoms with van der Waals surface area (Å²) in [6.45, 7) is 3.30. The van der Waals surface area contributed by atoms with Gasteiger partial charge in [0.05, 0.1) is 17.6 Å². The zero-order chi connectivity index (χ0) is 16.5. The van der Waals surface area contributed by atoms with E-state index in [1.807, 2.05) is 6.92 Å². The van der Waals surface area contributed by atoms with Crippen LogP contribution in [-0.2, 0) is 14.3 Å². The van der Waals surface area contributed by atoms with Gasteiger partial charge in [0.1, 0.15) is 12.2 Å². The number of carbonyl (C=O) groups is 1. The van der Waals surface area contributed by atoms with Crippen LogP contribution in [-0.4, -0.2) is 40.9 Å². The van der Waals surface area contributed by atoms with Crippen molar-refractivity contribution < 1.29 is 19.4 Å². The molecule has 0 saturated heterocycles. The predicted octanol–water partition coefficient (Wildman–Crippen LogP) is 2.59. The average molecular weight is 327 g/mol. The van der Waals surface area contributed by atoms with Crippen LogP contribution in [0.25, 0.3) is 0 Å². The van der Waals surface area contributed by atoms with E-state index in [0.29, 0.717) is 12.8 Å². The number of aliphatic hydroxyl groups is 1. The van der Waals surface area contributed by atoms with Crippen molar-refractivity contribution >= 4 is 17.6 Å². The molecule has 0 aromatic rings. The summed E-state index contributed by atoms with van der Waals surface area (Å²) in [5.41, 5.74) is 0. The maximum Gasteiger partial charge on any atom is 0.303 e. The smallest absolute Gasteiger partial charge is 0.303 e. The molecule has 4 nitrogen and oxygen atoms in total. The second-order valence-corrected chi connectivity index (χ2v) is 5.76. The molecule has 1 heterocycles. The summed E-state index contributed by atoms with van der Waals surface area (Å²) in [6.07, 6.45) is 11.6. The van der Waals surface area contributed by atoms with Crippen LogP contribution in [0.2, 0.25) is 0 Å². The Morgan fingerprint density at radius 1 is 1.64 bits per heavy atom. The van der Waals surface area contributed by atoms with Crippen LogP contribution in [0.5, 0.6) is 0 Å². The van der Waals surface area contributed by atoms with E-state index in [2.05, 4.69) is 5.92 Å². The Labute approximate surface area is 137 Å². The van der Waals surface area contributed by atoms with E-state index in [0.717, 1.165) is 6.42 Å². The topological polar surface area (TPSA) is 55.8 Å². The number of hydrogen-bond donors (Lipinski definition) is 1. The summed E-state index contributed by atoms with van der Waals surface area (Å²) in [4.78, 5) is 11.2. The van der Waals surface area contributed by atoms with Crippen LogP contribution in [0, 0.1) is 12.3 Å². The quantitative estimate of drug-likeness (QED) is 0.365. The Kier molecular flexibility index (Phi) is 8.26. The highest BCUT2D eigenvalue weighted by molar-refractivity contribution is 6.21. The van der Waals surface area contributed by atoms with Gasteiger partial charge < -0.3 is 14.6 Å². The van der Waals surface area contributed by atoms with Crippen LogP contribution in [0.1, 0.15) is 33.1 Å². The SMILES string of the molecule is C#C/C=C\CC(Cl)[C@H]1C[C@@H](OC(C)=O)[C@H](O)C=C[C@@H](CC)O1. The maximum absolute atomic E-state index is 11.2. The minimum absolute atomic E-state index is 0.129. The van der Waals surface area contributed by atoms with Crippen molar-refractivity contribution in [1.82, 2.24) is 0 Å². The Morgan fingerprint density at radius 3 is 2.95 bits per heavy atom. The highest BCUT2D eigenvalue weighted by atomic mass is 35.5. The van der Waals surface area contributed by atoms with Crippen molar-refractivity contribution in [3.63, 3.8) is 0 Å². The number of halogens is 1. The Morgan fingerprint density at radius 2 is 2.36 bits per heavy atom. The fraction of sp³-hybridized carbons (Fsp3) is 0.588. The molecule has 1 N–H and O–H groups in total. The van der Waals surface area contributed by atoms with Crippen molar-refractivity contribution in [3.8, 4) is 12.3 Å². The van der Waals surface area contributed by atoms with Crippen molar-refractivity contribution in [2.45, 2.75) is 62.9 Å². The third-order valence-electron chi connectivity index (χ3n) is 3.42. The standard InChI is InChI=1S/C17H23ClO4/c1-4-6-7-8-14(18)16-11-17(21-12(3)19)15(20)10-9-13(5-2)22-16/h1,6-7,9-10,13-17,20H,5,8,11H2,2-3H3/b7-6-,10-9?/t13-,14?,15-,16-,17-/m1/s1. The zero-order valence-corrected chi connectivity index (χ0v) is 13.7. The molecule has 0 amide bonds. The molecule has 0 bridgehead atoms. The molecule has 0 aromatic carbocycles. The molecule has 5 heteroatoms. The number of aliphatic hydroxyl groups excluding tert-OH is 1. The van der Waals surface area contributed by atoms with Gasteiger partial charge in [-0.25, -0.2) is 0 Å². The monoisotopic (exact) mass is 326 g/mol. The van der Waals surface area contributed by atoms with Crippen LogP contribution in [0.4, 0.5) is 0 Å². The number of esters is 1. The van der Waals surface area contributed by atoms with Gasteiger partial charge >= 0.3 is 5.97 Å². The van der Waals surface area contributed by atoms with Gasteiger partial charge in [-0.2, -0.15) is 0 Å². The van der Waals surface area contributed by atoms with Crippen LogP contribution >= 0.6 is 11.6 Å². The molecule has 5 atom stereocenters. The second-order valence-electron chi connectivity index (χ2n) is 5.20. The highest BCUT2D eigenvalue weighted by Gasteiger charge is 2.32. The third-order valence-corrected chi connectivity index (χ3v) is 3.88. The lowest BCUT2D eigenvalue weighted by Crippen LogP contribution is -2.40. The predicted molar refractivity (Wildman–Crippen MR) is 86.5 cm³/mol. The van der Waals surface area contributed by atoms with Gasteiger partial charge in [-0.15, -0.1) is 18.0 Å². The lowest BCUT2D eigenvalue weighted by molar-refractivity contribution is -0.154. The number of hydrogen-bond acceptors (Lipinski definition) is 4. The average Bonchev–Trinajstić information content (AvgIpc) is 2.46. The molecule has 1 rings (SSSR count). The summed E-state index contributed by atoms with van der Waals surface area (Å²) in [5, 5.41) is 9.82. The molecule has 0 aromatic heterocycles.